The molecule has 0 aliphatic carbocycles. The molecule has 0 saturated carbocycles. The summed E-state index contributed by atoms with van der Waals surface area (Å²) in [4.78, 5) is 22.3. The first-order valence-corrected chi connectivity index (χ1v) is 5.28. The quantitative estimate of drug-likeness (QED) is 0.524. The first kappa shape index (κ1) is 14.1. The normalized spacial score (nSPS) is 15.8. The second kappa shape index (κ2) is 6.67. The maximum atomic E-state index is 9.74. The van der Waals surface area contributed by atoms with E-state index < -0.39 is 18.0 Å². The molecular formula is C11H14N2O5. The maximum absolute atomic E-state index is 9.74. The molecule has 98 valence electrons. The fourth-order valence-electron chi connectivity index (χ4n) is 1.33. The van der Waals surface area contributed by atoms with Crippen LogP contribution < -0.4 is 5.32 Å². The van der Waals surface area contributed by atoms with Gasteiger partial charge in [-0.25, -0.2) is 9.59 Å². The van der Waals surface area contributed by atoms with Crippen LogP contribution in [0.25, 0.3) is 0 Å². The summed E-state index contributed by atoms with van der Waals surface area (Å²) in [6.07, 6.45) is 1.32. The van der Waals surface area contributed by atoms with Crippen LogP contribution in [0.3, 0.4) is 0 Å². The zero-order valence-corrected chi connectivity index (χ0v) is 9.48. The summed E-state index contributed by atoms with van der Waals surface area (Å²) in [7, 11) is 0. The highest BCUT2D eigenvalue weighted by Gasteiger charge is 2.26. The molecule has 1 aliphatic heterocycles. The molecule has 0 radical (unpaired) electrons. The summed E-state index contributed by atoms with van der Waals surface area (Å²) in [5.41, 5.74) is 0.781. The third-order valence-corrected chi connectivity index (χ3v) is 2.43. The highest BCUT2D eigenvalue weighted by atomic mass is 16.4. The largest absolute Gasteiger partial charge is 0.473 e. The van der Waals surface area contributed by atoms with Gasteiger partial charge < -0.3 is 20.6 Å². The molecule has 4 N–H and O–H groups in total. The lowest BCUT2D eigenvalue weighted by atomic mass is 9.94. The van der Waals surface area contributed by atoms with E-state index in [0.717, 1.165) is 18.8 Å². The molecule has 1 atom stereocenters. The Kier molecular flexibility index (Phi) is 5.22. The minimum absolute atomic E-state index is 0.347. The molecule has 1 aromatic rings. The third-order valence-electron chi connectivity index (χ3n) is 2.43. The summed E-state index contributed by atoms with van der Waals surface area (Å²) in [6.45, 7) is 1.80. The van der Waals surface area contributed by atoms with Gasteiger partial charge >= 0.3 is 11.9 Å². The number of nitrogens with one attached hydrogen (secondary N) is 1. The Morgan fingerprint density at radius 3 is 2.22 bits per heavy atom. The highest BCUT2D eigenvalue weighted by molar-refractivity contribution is 6.27. The molecule has 7 nitrogen and oxygen atoms in total. The zero-order chi connectivity index (χ0) is 13.5. The van der Waals surface area contributed by atoms with E-state index >= 15 is 0 Å². The van der Waals surface area contributed by atoms with Crippen molar-refractivity contribution in [3.8, 4) is 0 Å². The number of aromatic nitrogens is 1. The van der Waals surface area contributed by atoms with Crippen LogP contribution in [0.4, 0.5) is 0 Å². The second-order valence-corrected chi connectivity index (χ2v) is 3.73. The first-order chi connectivity index (χ1) is 8.52. The van der Waals surface area contributed by atoms with Crippen LogP contribution >= 0.6 is 0 Å². The van der Waals surface area contributed by atoms with E-state index in [1.807, 2.05) is 18.2 Å². The molecule has 0 amide bonds. The molecule has 2 heterocycles. The second-order valence-electron chi connectivity index (χ2n) is 3.73. The summed E-state index contributed by atoms with van der Waals surface area (Å²) in [5.74, 6) is -3.30. The molecule has 18 heavy (non-hydrogen) atoms. The Morgan fingerprint density at radius 2 is 1.89 bits per heavy atom. The Hall–Kier alpha value is -1.99. The van der Waals surface area contributed by atoms with E-state index in [-0.39, 0.29) is 0 Å². The van der Waals surface area contributed by atoms with Gasteiger partial charge in [0.05, 0.1) is 5.69 Å². The van der Waals surface area contributed by atoms with Crippen molar-refractivity contribution in [2.45, 2.75) is 6.10 Å². The van der Waals surface area contributed by atoms with Crippen molar-refractivity contribution in [1.29, 1.82) is 0 Å². The van der Waals surface area contributed by atoms with Crippen LogP contribution in [0.1, 0.15) is 11.8 Å². The van der Waals surface area contributed by atoms with Crippen LogP contribution in [-0.4, -0.2) is 45.3 Å². The SMILES string of the molecule is O=C(O)C(=O)O.OC(c1ccccn1)C1CNC1. The molecule has 1 saturated heterocycles. The Balaban J connectivity index is 0.000000232. The van der Waals surface area contributed by atoms with Gasteiger partial charge in [0.15, 0.2) is 0 Å². The van der Waals surface area contributed by atoms with Crippen LogP contribution in [0.2, 0.25) is 0 Å². The molecule has 1 unspecified atom stereocenters. The third kappa shape index (κ3) is 4.11. The predicted molar refractivity (Wildman–Crippen MR) is 60.8 cm³/mol. The highest BCUT2D eigenvalue weighted by Crippen LogP contribution is 2.22. The van der Waals surface area contributed by atoms with E-state index in [0.29, 0.717) is 5.92 Å². The number of aliphatic hydroxyl groups is 1. The van der Waals surface area contributed by atoms with Crippen molar-refractivity contribution < 1.29 is 24.9 Å². The Morgan fingerprint density at radius 1 is 1.28 bits per heavy atom. The number of aliphatic carboxylic acids is 2. The van der Waals surface area contributed by atoms with Crippen molar-refractivity contribution in [2.24, 2.45) is 5.92 Å². The Bertz CT molecular complexity index is 393. The summed E-state index contributed by atoms with van der Waals surface area (Å²) >= 11 is 0. The fraction of sp³-hybridized carbons (Fsp3) is 0.364. The van der Waals surface area contributed by atoms with Crippen molar-refractivity contribution in [3.05, 3.63) is 30.1 Å². The predicted octanol–water partition coefficient (Wildman–Crippen LogP) is -0.510. The topological polar surface area (TPSA) is 120 Å². The fourth-order valence-corrected chi connectivity index (χ4v) is 1.33. The minimum atomic E-state index is -1.82. The van der Waals surface area contributed by atoms with Gasteiger partial charge in [0.2, 0.25) is 0 Å². The summed E-state index contributed by atoms with van der Waals surface area (Å²) in [6, 6.07) is 5.62. The van der Waals surface area contributed by atoms with E-state index in [2.05, 4.69) is 10.3 Å². The van der Waals surface area contributed by atoms with Crippen LogP contribution in [0, 0.1) is 5.92 Å². The number of nitrogens with zero attached hydrogens (tertiary/aromatic N) is 1. The smallest absolute Gasteiger partial charge is 0.414 e. The van der Waals surface area contributed by atoms with Crippen molar-refractivity contribution in [3.63, 3.8) is 0 Å². The maximum Gasteiger partial charge on any atom is 0.414 e. The molecule has 2 rings (SSSR count). The molecule has 1 aromatic heterocycles. The molecular weight excluding hydrogens is 240 g/mol. The number of carboxylic acid groups (broad SMARTS) is 2. The molecule has 0 spiro atoms. The van der Waals surface area contributed by atoms with Gasteiger partial charge in [0.1, 0.15) is 6.10 Å². The van der Waals surface area contributed by atoms with Crippen LogP contribution in [0.5, 0.6) is 0 Å². The lowest BCUT2D eigenvalue weighted by Gasteiger charge is -2.31. The summed E-state index contributed by atoms with van der Waals surface area (Å²) < 4.78 is 0. The monoisotopic (exact) mass is 254 g/mol. The van der Waals surface area contributed by atoms with Gasteiger partial charge in [-0.05, 0) is 12.1 Å². The molecule has 1 fully saturated rings. The standard InChI is InChI=1S/C9H12N2O.C2H2O4/c12-9(7-5-10-6-7)8-3-1-2-4-11-8;3-1(4)2(5)6/h1-4,7,9-10,12H,5-6H2;(H,3,4)(H,5,6). The van der Waals surface area contributed by atoms with Gasteiger partial charge in [-0.3, -0.25) is 4.98 Å². The van der Waals surface area contributed by atoms with Gasteiger partial charge in [-0.1, -0.05) is 6.07 Å². The molecule has 0 aromatic carbocycles. The van der Waals surface area contributed by atoms with E-state index in [1.165, 1.54) is 0 Å². The minimum Gasteiger partial charge on any atom is -0.473 e. The number of hydrogen-bond acceptors (Lipinski definition) is 5. The van der Waals surface area contributed by atoms with E-state index in [1.54, 1.807) is 6.20 Å². The number of aliphatic hydroxyl groups excluding tert-OH is 1. The van der Waals surface area contributed by atoms with Gasteiger partial charge in [0.25, 0.3) is 0 Å². The van der Waals surface area contributed by atoms with E-state index in [9.17, 15) is 5.11 Å². The zero-order valence-electron chi connectivity index (χ0n) is 9.48. The van der Waals surface area contributed by atoms with Gasteiger partial charge in [0, 0.05) is 25.2 Å². The Labute approximate surface area is 103 Å². The summed E-state index contributed by atoms with van der Waals surface area (Å²) in [5, 5.41) is 27.6. The average molecular weight is 254 g/mol. The van der Waals surface area contributed by atoms with Crippen LogP contribution in [-0.2, 0) is 9.59 Å². The van der Waals surface area contributed by atoms with Crippen molar-refractivity contribution >= 4 is 11.9 Å². The first-order valence-electron chi connectivity index (χ1n) is 5.28. The van der Waals surface area contributed by atoms with E-state index in [4.69, 9.17) is 19.8 Å². The number of pyridine rings is 1. The van der Waals surface area contributed by atoms with Crippen molar-refractivity contribution in [1.82, 2.24) is 10.3 Å². The van der Waals surface area contributed by atoms with Crippen molar-refractivity contribution in [2.75, 3.05) is 13.1 Å². The van der Waals surface area contributed by atoms with Gasteiger partial charge in [-0.2, -0.15) is 0 Å². The number of hydrogen-bond donors (Lipinski definition) is 4. The number of rotatable bonds is 2. The van der Waals surface area contributed by atoms with Crippen LogP contribution in [0.15, 0.2) is 24.4 Å². The molecule has 7 heteroatoms. The lowest BCUT2D eigenvalue weighted by molar-refractivity contribution is -0.159. The molecule has 1 aliphatic rings. The number of carboxylic acids is 2. The van der Waals surface area contributed by atoms with Gasteiger partial charge in [-0.15, -0.1) is 0 Å². The number of carbonyl (C=O) groups is 2. The average Bonchev–Trinajstić information content (AvgIpc) is 2.28. The molecule has 0 bridgehead atoms. The lowest BCUT2D eigenvalue weighted by Crippen LogP contribution is -2.45.